The summed E-state index contributed by atoms with van der Waals surface area (Å²) in [5.74, 6) is -1.03. The van der Waals surface area contributed by atoms with E-state index in [0.29, 0.717) is 37.1 Å². The third-order valence-electron chi connectivity index (χ3n) is 4.68. The van der Waals surface area contributed by atoms with Gasteiger partial charge in [0.1, 0.15) is 17.2 Å². The monoisotopic (exact) mass is 320 g/mol. The molecule has 3 atom stereocenters. The number of carbonyl (C=O) groups is 2. The maximum absolute atomic E-state index is 12.4. The number of aliphatic carboxylic acids is 1. The molecule has 3 unspecified atom stereocenters. The normalized spacial score (nSPS) is 24.2. The molecule has 6 nitrogen and oxygen atoms in total. The molecular formula is C17H24N2O4. The zero-order valence-electron chi connectivity index (χ0n) is 13.7. The lowest BCUT2D eigenvalue weighted by atomic mass is 9.70. The predicted octanol–water partition coefficient (Wildman–Crippen LogP) is 2.83. The van der Waals surface area contributed by atoms with E-state index in [2.05, 4.69) is 17.1 Å². The molecular weight excluding hydrogens is 296 g/mol. The Morgan fingerprint density at radius 1 is 1.39 bits per heavy atom. The Morgan fingerprint density at radius 3 is 2.83 bits per heavy atom. The first kappa shape index (κ1) is 17.4. The van der Waals surface area contributed by atoms with Crippen LogP contribution in [-0.2, 0) is 9.59 Å². The van der Waals surface area contributed by atoms with Crippen molar-refractivity contribution in [1.82, 2.24) is 10.2 Å². The van der Waals surface area contributed by atoms with Gasteiger partial charge in [0.15, 0.2) is 0 Å². The fourth-order valence-electron chi connectivity index (χ4n) is 3.38. The van der Waals surface area contributed by atoms with E-state index >= 15 is 0 Å². The molecule has 0 amide bonds. The average Bonchev–Trinajstić information content (AvgIpc) is 2.58. The summed E-state index contributed by atoms with van der Waals surface area (Å²) in [6, 6.07) is 1.68. The molecule has 1 N–H and O–H groups in total. The van der Waals surface area contributed by atoms with Crippen LogP contribution in [0.15, 0.2) is 12.3 Å². The highest BCUT2D eigenvalue weighted by Gasteiger charge is 2.40. The highest BCUT2D eigenvalue weighted by molar-refractivity contribution is 5.81. The molecule has 1 aliphatic carbocycles. The van der Waals surface area contributed by atoms with Gasteiger partial charge in [-0.25, -0.2) is 0 Å². The molecule has 1 saturated carbocycles. The molecule has 6 heteroatoms. The molecule has 1 aromatic heterocycles. The van der Waals surface area contributed by atoms with Crippen molar-refractivity contribution < 1.29 is 19.4 Å². The summed E-state index contributed by atoms with van der Waals surface area (Å²) in [5.41, 5.74) is 0.551. The number of ether oxygens (including phenoxy) is 1. The van der Waals surface area contributed by atoms with Crippen LogP contribution < -0.4 is 4.74 Å². The smallest absolute Gasteiger partial charge is 0.307 e. The van der Waals surface area contributed by atoms with E-state index < -0.39 is 11.9 Å². The molecule has 0 spiro atoms. The highest BCUT2D eigenvalue weighted by Crippen LogP contribution is 2.43. The van der Waals surface area contributed by atoms with Crippen molar-refractivity contribution in [1.29, 1.82) is 0 Å². The van der Waals surface area contributed by atoms with E-state index in [0.717, 1.165) is 12.8 Å². The first-order valence-corrected chi connectivity index (χ1v) is 8.19. The van der Waals surface area contributed by atoms with Crippen molar-refractivity contribution >= 4 is 11.8 Å². The number of rotatable bonds is 7. The molecule has 23 heavy (non-hydrogen) atoms. The van der Waals surface area contributed by atoms with Crippen molar-refractivity contribution in [2.75, 3.05) is 7.11 Å². The van der Waals surface area contributed by atoms with E-state index in [1.54, 1.807) is 6.07 Å². The number of methoxy groups -OCH3 is 1. The summed E-state index contributed by atoms with van der Waals surface area (Å²) in [7, 11) is 1.53. The van der Waals surface area contributed by atoms with Crippen LogP contribution >= 0.6 is 0 Å². The zero-order valence-corrected chi connectivity index (χ0v) is 13.7. The summed E-state index contributed by atoms with van der Waals surface area (Å²) in [4.78, 5) is 24.0. The minimum absolute atomic E-state index is 0.0890. The second-order valence-corrected chi connectivity index (χ2v) is 6.12. The number of hydrogen-bond acceptors (Lipinski definition) is 5. The topological polar surface area (TPSA) is 89.4 Å². The largest absolute Gasteiger partial charge is 0.495 e. The molecule has 126 valence electrons. The minimum atomic E-state index is -0.845. The van der Waals surface area contributed by atoms with Crippen molar-refractivity contribution in [3.8, 4) is 5.75 Å². The van der Waals surface area contributed by atoms with Crippen LogP contribution in [0.4, 0.5) is 0 Å². The molecule has 1 aliphatic rings. The Morgan fingerprint density at radius 2 is 2.17 bits per heavy atom. The molecule has 2 rings (SSSR count). The molecule has 0 aromatic carbocycles. The summed E-state index contributed by atoms with van der Waals surface area (Å²) in [6.07, 6.45) is 5.60. The summed E-state index contributed by atoms with van der Waals surface area (Å²) < 4.78 is 5.31. The quantitative estimate of drug-likeness (QED) is 0.831. The SMILES string of the molecule is CCCCC(=O)C1CCC(C(=O)O)C(c2nnccc2OC)C1. The third-order valence-corrected chi connectivity index (χ3v) is 4.68. The number of carbonyl (C=O) groups excluding carboxylic acids is 1. The van der Waals surface area contributed by atoms with Gasteiger partial charge in [0.25, 0.3) is 0 Å². The Labute approximate surface area is 136 Å². The number of carboxylic acids is 1. The van der Waals surface area contributed by atoms with Gasteiger partial charge in [-0.3, -0.25) is 9.59 Å². The van der Waals surface area contributed by atoms with E-state index in [1.807, 2.05) is 0 Å². The fourth-order valence-corrected chi connectivity index (χ4v) is 3.38. The third kappa shape index (κ3) is 4.06. The van der Waals surface area contributed by atoms with Gasteiger partial charge in [-0.1, -0.05) is 13.3 Å². The number of Topliss-reactive ketones (excluding diaryl/α,β-unsaturated/α-hetero) is 1. The predicted molar refractivity (Wildman–Crippen MR) is 84.3 cm³/mol. The number of unbranched alkanes of at least 4 members (excludes halogenated alkanes) is 1. The summed E-state index contributed by atoms with van der Waals surface area (Å²) in [5, 5.41) is 17.5. The lowest BCUT2D eigenvalue weighted by Crippen LogP contribution is -2.33. The molecule has 0 saturated heterocycles. The van der Waals surface area contributed by atoms with Crippen LogP contribution in [-0.4, -0.2) is 34.2 Å². The van der Waals surface area contributed by atoms with Gasteiger partial charge in [-0.2, -0.15) is 10.2 Å². The van der Waals surface area contributed by atoms with E-state index in [1.165, 1.54) is 13.3 Å². The van der Waals surface area contributed by atoms with Gasteiger partial charge in [0.2, 0.25) is 0 Å². The van der Waals surface area contributed by atoms with Gasteiger partial charge >= 0.3 is 5.97 Å². The van der Waals surface area contributed by atoms with Crippen molar-refractivity contribution in [3.05, 3.63) is 18.0 Å². The highest BCUT2D eigenvalue weighted by atomic mass is 16.5. The van der Waals surface area contributed by atoms with E-state index in [4.69, 9.17) is 4.74 Å². The van der Waals surface area contributed by atoms with Gasteiger partial charge in [-0.05, 0) is 25.7 Å². The van der Waals surface area contributed by atoms with Crippen molar-refractivity contribution in [2.24, 2.45) is 11.8 Å². The number of hydrogen-bond donors (Lipinski definition) is 1. The maximum Gasteiger partial charge on any atom is 0.307 e. The Kier molecular flexibility index (Phi) is 6.07. The maximum atomic E-state index is 12.4. The van der Waals surface area contributed by atoms with Crippen molar-refractivity contribution in [2.45, 2.75) is 51.4 Å². The number of aromatic nitrogens is 2. The van der Waals surface area contributed by atoms with Crippen LogP contribution in [0.1, 0.15) is 57.1 Å². The van der Waals surface area contributed by atoms with Gasteiger partial charge in [0, 0.05) is 24.3 Å². The first-order valence-electron chi connectivity index (χ1n) is 8.19. The van der Waals surface area contributed by atoms with Crippen LogP contribution in [0.5, 0.6) is 5.75 Å². The minimum Gasteiger partial charge on any atom is -0.495 e. The Balaban J connectivity index is 2.24. The molecule has 0 aliphatic heterocycles. The van der Waals surface area contributed by atoms with E-state index in [9.17, 15) is 14.7 Å². The Hall–Kier alpha value is -1.98. The van der Waals surface area contributed by atoms with Gasteiger partial charge in [-0.15, -0.1) is 0 Å². The molecule has 1 aromatic rings. The molecule has 0 radical (unpaired) electrons. The molecule has 1 heterocycles. The van der Waals surface area contributed by atoms with Crippen LogP contribution in [0.3, 0.4) is 0 Å². The Bertz CT molecular complexity index is 561. The van der Waals surface area contributed by atoms with Crippen molar-refractivity contribution in [3.63, 3.8) is 0 Å². The summed E-state index contributed by atoms with van der Waals surface area (Å²) >= 11 is 0. The lowest BCUT2D eigenvalue weighted by molar-refractivity contribution is -0.145. The number of ketones is 1. The van der Waals surface area contributed by atoms with E-state index in [-0.39, 0.29) is 17.6 Å². The molecule has 1 fully saturated rings. The lowest BCUT2D eigenvalue weighted by Gasteiger charge is -2.33. The second-order valence-electron chi connectivity index (χ2n) is 6.12. The zero-order chi connectivity index (χ0) is 16.8. The second kappa shape index (κ2) is 8.04. The average molecular weight is 320 g/mol. The number of nitrogens with zero attached hydrogens (tertiary/aromatic N) is 2. The molecule has 0 bridgehead atoms. The van der Waals surface area contributed by atoms with Crippen LogP contribution in [0, 0.1) is 11.8 Å². The first-order chi connectivity index (χ1) is 11.1. The van der Waals surface area contributed by atoms with Gasteiger partial charge < -0.3 is 9.84 Å². The summed E-state index contributed by atoms with van der Waals surface area (Å²) in [6.45, 7) is 2.06. The standard InChI is InChI=1S/C17H24N2O4/c1-3-4-5-14(20)11-6-7-12(17(21)22)13(10-11)16-15(23-2)8-9-18-19-16/h8-9,11-13H,3-7,10H2,1-2H3,(H,21,22). The van der Waals surface area contributed by atoms with Gasteiger partial charge in [0.05, 0.1) is 19.2 Å². The number of carboxylic acid groups (broad SMARTS) is 1. The fraction of sp³-hybridized carbons (Fsp3) is 0.647. The van der Waals surface area contributed by atoms with Crippen LogP contribution in [0.2, 0.25) is 0 Å². The van der Waals surface area contributed by atoms with Crippen LogP contribution in [0.25, 0.3) is 0 Å².